The second kappa shape index (κ2) is 7.72. The van der Waals surface area contributed by atoms with E-state index in [-0.39, 0.29) is 0 Å². The summed E-state index contributed by atoms with van der Waals surface area (Å²) in [5, 5.41) is 0. The summed E-state index contributed by atoms with van der Waals surface area (Å²) >= 11 is 2.00. The van der Waals surface area contributed by atoms with E-state index in [9.17, 15) is 0 Å². The Balaban J connectivity index is 1.42. The van der Waals surface area contributed by atoms with Crippen molar-refractivity contribution in [1.29, 1.82) is 0 Å². The molecule has 4 rings (SSSR count). The van der Waals surface area contributed by atoms with Gasteiger partial charge in [0.05, 0.1) is 0 Å². The number of hydrogen-bond acceptors (Lipinski definition) is 3. The molecule has 1 aromatic rings. The smallest absolute Gasteiger partial charge is 0.0288 e. The van der Waals surface area contributed by atoms with E-state index in [1.165, 1.54) is 79.9 Å². The van der Waals surface area contributed by atoms with Gasteiger partial charge in [-0.1, -0.05) is 31.5 Å². The minimum atomic E-state index is 0.520. The highest BCUT2D eigenvalue weighted by Gasteiger charge is 2.48. The van der Waals surface area contributed by atoms with Crippen LogP contribution < -0.4 is 0 Å². The number of benzene rings is 1. The summed E-state index contributed by atoms with van der Waals surface area (Å²) in [4.78, 5) is 4.39. The third-order valence-electron chi connectivity index (χ3n) is 7.33. The van der Waals surface area contributed by atoms with Crippen molar-refractivity contribution in [1.82, 2.24) is 9.21 Å². The molecule has 3 heteroatoms. The van der Waals surface area contributed by atoms with Gasteiger partial charge < -0.3 is 0 Å². The first-order valence-corrected chi connectivity index (χ1v) is 11.9. The number of fused-ring (bicyclic) bond motifs is 2. The van der Waals surface area contributed by atoms with Crippen LogP contribution in [0, 0.1) is 38.5 Å². The molecule has 150 valence electrons. The van der Waals surface area contributed by atoms with Crippen molar-refractivity contribution >= 4 is 11.9 Å². The van der Waals surface area contributed by atoms with Crippen LogP contribution in [0.5, 0.6) is 0 Å². The maximum Gasteiger partial charge on any atom is 0.0288 e. The van der Waals surface area contributed by atoms with Gasteiger partial charge in [-0.2, -0.15) is 0 Å². The van der Waals surface area contributed by atoms with Crippen molar-refractivity contribution in [3.05, 3.63) is 28.8 Å². The number of hydrogen-bond donors (Lipinski definition) is 0. The highest BCUT2D eigenvalue weighted by atomic mass is 32.2. The number of piperazine rings is 1. The van der Waals surface area contributed by atoms with E-state index in [0.717, 1.165) is 17.8 Å². The molecule has 0 aromatic heterocycles. The molecule has 0 N–H and O–H groups in total. The van der Waals surface area contributed by atoms with E-state index in [1.807, 2.05) is 11.9 Å². The Morgan fingerprint density at radius 3 is 1.96 bits per heavy atom. The Kier molecular flexibility index (Phi) is 5.66. The van der Waals surface area contributed by atoms with E-state index in [4.69, 9.17) is 0 Å². The predicted molar refractivity (Wildman–Crippen MR) is 117 cm³/mol. The van der Waals surface area contributed by atoms with E-state index in [1.54, 1.807) is 0 Å². The number of nitrogens with zero attached hydrogens (tertiary/aromatic N) is 2. The molecule has 2 atom stereocenters. The molecular formula is C24H38N2S. The van der Waals surface area contributed by atoms with Crippen molar-refractivity contribution in [2.24, 2.45) is 17.8 Å². The zero-order valence-electron chi connectivity index (χ0n) is 18.1. The van der Waals surface area contributed by atoms with Crippen molar-refractivity contribution < 1.29 is 0 Å². The summed E-state index contributed by atoms with van der Waals surface area (Å²) in [6.45, 7) is 16.7. The average Bonchev–Trinajstić information content (AvgIpc) is 2.57. The minimum absolute atomic E-state index is 0.520. The Morgan fingerprint density at radius 2 is 1.41 bits per heavy atom. The topological polar surface area (TPSA) is 6.48 Å². The lowest BCUT2D eigenvalue weighted by Gasteiger charge is -2.57. The van der Waals surface area contributed by atoms with Gasteiger partial charge in [-0.3, -0.25) is 4.90 Å². The zero-order valence-corrected chi connectivity index (χ0v) is 18.9. The zero-order chi connectivity index (χ0) is 19.2. The van der Waals surface area contributed by atoms with Gasteiger partial charge in [-0.25, -0.2) is 4.31 Å². The first-order valence-electron chi connectivity index (χ1n) is 11.1. The molecule has 3 fully saturated rings. The van der Waals surface area contributed by atoms with Gasteiger partial charge in [0, 0.05) is 36.6 Å². The quantitative estimate of drug-likeness (QED) is 0.602. The Labute approximate surface area is 171 Å². The van der Waals surface area contributed by atoms with Gasteiger partial charge in [0.15, 0.2) is 0 Å². The molecule has 2 bridgehead atoms. The summed E-state index contributed by atoms with van der Waals surface area (Å²) < 4.78 is 2.62. The molecule has 1 heterocycles. The van der Waals surface area contributed by atoms with Crippen LogP contribution >= 0.6 is 11.9 Å². The average molecular weight is 387 g/mol. The van der Waals surface area contributed by atoms with Crippen LogP contribution in [0.15, 0.2) is 17.0 Å². The molecule has 3 aliphatic rings. The molecule has 0 radical (unpaired) electrons. The largest absolute Gasteiger partial charge is 0.295 e. The Bertz CT molecular complexity index is 634. The minimum Gasteiger partial charge on any atom is -0.295 e. The maximum atomic E-state index is 2.91. The fourth-order valence-corrected chi connectivity index (χ4v) is 7.74. The highest BCUT2D eigenvalue weighted by Crippen LogP contribution is 2.50. The van der Waals surface area contributed by atoms with E-state index in [0.29, 0.717) is 5.54 Å². The van der Waals surface area contributed by atoms with E-state index in [2.05, 4.69) is 56.0 Å². The monoisotopic (exact) mass is 386 g/mol. The third kappa shape index (κ3) is 4.11. The molecule has 1 aliphatic heterocycles. The normalized spacial score (nSPS) is 35.4. The molecule has 27 heavy (non-hydrogen) atoms. The summed E-state index contributed by atoms with van der Waals surface area (Å²) in [5.41, 5.74) is 4.77. The van der Waals surface area contributed by atoms with Gasteiger partial charge in [-0.15, -0.1) is 0 Å². The van der Waals surface area contributed by atoms with Crippen LogP contribution in [-0.4, -0.2) is 40.9 Å². The van der Waals surface area contributed by atoms with Crippen molar-refractivity contribution in [3.63, 3.8) is 0 Å². The lowest BCUT2D eigenvalue weighted by atomic mass is 9.60. The summed E-state index contributed by atoms with van der Waals surface area (Å²) in [6, 6.07) is 4.66. The van der Waals surface area contributed by atoms with Gasteiger partial charge >= 0.3 is 0 Å². The summed E-state index contributed by atoms with van der Waals surface area (Å²) in [5.74, 6) is 2.82. The molecule has 1 saturated heterocycles. The maximum absolute atomic E-state index is 2.91. The van der Waals surface area contributed by atoms with Gasteiger partial charge in [0.1, 0.15) is 0 Å². The number of aryl methyl sites for hydroxylation is 3. The van der Waals surface area contributed by atoms with Crippen molar-refractivity contribution in [3.8, 4) is 0 Å². The molecular weight excluding hydrogens is 348 g/mol. The third-order valence-corrected chi connectivity index (χ3v) is 8.78. The lowest BCUT2D eigenvalue weighted by Crippen LogP contribution is -2.60. The van der Waals surface area contributed by atoms with Crippen LogP contribution in [0.25, 0.3) is 0 Å². The SMILES string of the molecule is Cc1cc(C)c(SN2CCN(C34CC(C)CC(CC(C)C3)C4)CC2)c(C)c1. The molecule has 2 nitrogen and oxygen atoms in total. The molecule has 2 aliphatic carbocycles. The fourth-order valence-electron chi connectivity index (χ4n) is 6.73. The second-order valence-electron chi connectivity index (χ2n) is 10.1. The van der Waals surface area contributed by atoms with Crippen molar-refractivity contribution in [2.75, 3.05) is 26.2 Å². The second-order valence-corrected chi connectivity index (χ2v) is 11.2. The standard InChI is InChI=1S/C24H38N2S/c1-17-10-20(4)23(21(5)11-17)27-26-8-6-25(7-9-26)24-14-18(2)12-22(16-24)13-19(3)15-24/h10-11,18-19,22H,6-9,12-16H2,1-5H3. The molecule has 0 spiro atoms. The molecule has 0 amide bonds. The van der Waals surface area contributed by atoms with Gasteiger partial charge in [0.2, 0.25) is 0 Å². The van der Waals surface area contributed by atoms with Gasteiger partial charge in [0.25, 0.3) is 0 Å². The highest BCUT2D eigenvalue weighted by molar-refractivity contribution is 7.97. The molecule has 2 saturated carbocycles. The van der Waals surface area contributed by atoms with E-state index >= 15 is 0 Å². The van der Waals surface area contributed by atoms with Crippen molar-refractivity contribution in [2.45, 2.75) is 77.2 Å². The Hall–Kier alpha value is -0.510. The van der Waals surface area contributed by atoms with Crippen LogP contribution in [0.4, 0.5) is 0 Å². The Morgan fingerprint density at radius 1 is 0.852 bits per heavy atom. The summed E-state index contributed by atoms with van der Waals surface area (Å²) in [6.07, 6.45) is 7.32. The first-order chi connectivity index (χ1) is 12.8. The lowest BCUT2D eigenvalue weighted by molar-refractivity contribution is -0.0513. The fraction of sp³-hybridized carbons (Fsp3) is 0.750. The van der Waals surface area contributed by atoms with Gasteiger partial charge in [-0.05, 0) is 93.7 Å². The predicted octanol–water partition coefficient (Wildman–Crippen LogP) is 5.84. The molecule has 1 aromatic carbocycles. The van der Waals surface area contributed by atoms with E-state index < -0.39 is 0 Å². The number of rotatable bonds is 3. The molecule has 2 unspecified atom stereocenters. The van der Waals surface area contributed by atoms with Crippen LogP contribution in [0.1, 0.15) is 62.6 Å². The summed E-state index contributed by atoms with van der Waals surface area (Å²) in [7, 11) is 0. The first kappa shape index (κ1) is 19.8. The van der Waals surface area contributed by atoms with Crippen LogP contribution in [-0.2, 0) is 0 Å². The van der Waals surface area contributed by atoms with Crippen LogP contribution in [0.3, 0.4) is 0 Å². The van der Waals surface area contributed by atoms with Crippen LogP contribution in [0.2, 0.25) is 0 Å².